The third-order valence-corrected chi connectivity index (χ3v) is 3.47. The Balaban J connectivity index is 1.98. The molecule has 0 amide bonds. The summed E-state index contributed by atoms with van der Waals surface area (Å²) in [5.74, 6) is 1.72. The van der Waals surface area contributed by atoms with Gasteiger partial charge in [-0.1, -0.05) is 18.2 Å². The van der Waals surface area contributed by atoms with E-state index in [2.05, 4.69) is 46.6 Å². The van der Waals surface area contributed by atoms with E-state index in [1.54, 1.807) is 6.20 Å². The van der Waals surface area contributed by atoms with Gasteiger partial charge in [-0.3, -0.25) is 4.98 Å². The molecule has 0 unspecified atom stereocenters. The number of ether oxygens (including phenoxy) is 1. The Bertz CT molecular complexity index is 656. The number of guanidine groups is 1. The van der Waals surface area contributed by atoms with Gasteiger partial charge in [0.05, 0.1) is 25.4 Å². The van der Waals surface area contributed by atoms with Crippen LogP contribution in [0.3, 0.4) is 0 Å². The largest absolute Gasteiger partial charge is 0.494 e. The predicted octanol–water partition coefficient (Wildman–Crippen LogP) is 3.04. The van der Waals surface area contributed by atoms with E-state index in [4.69, 9.17) is 4.74 Å². The number of aryl methyl sites for hydroxylation is 1. The van der Waals surface area contributed by atoms with Gasteiger partial charge >= 0.3 is 0 Å². The highest BCUT2D eigenvalue weighted by atomic mass is 16.5. The van der Waals surface area contributed by atoms with Crippen LogP contribution in [0.25, 0.3) is 0 Å². The van der Waals surface area contributed by atoms with Crippen LogP contribution in [0.1, 0.15) is 30.7 Å². The summed E-state index contributed by atoms with van der Waals surface area (Å²) >= 11 is 0. The van der Waals surface area contributed by atoms with Crippen LogP contribution >= 0.6 is 0 Å². The number of nitrogens with one attached hydrogen (secondary N) is 2. The minimum absolute atomic E-state index is 0.616. The number of hydrogen-bond donors (Lipinski definition) is 2. The molecule has 2 rings (SSSR count). The van der Waals surface area contributed by atoms with E-state index >= 15 is 0 Å². The summed E-state index contributed by atoms with van der Waals surface area (Å²) in [5, 5.41) is 6.56. The number of nitrogens with zero attached hydrogens (tertiary/aromatic N) is 2. The highest BCUT2D eigenvalue weighted by molar-refractivity contribution is 5.79. The fourth-order valence-corrected chi connectivity index (χ4v) is 2.32. The maximum atomic E-state index is 5.58. The molecule has 0 spiro atoms. The lowest BCUT2D eigenvalue weighted by Crippen LogP contribution is -2.37. The zero-order chi connectivity index (χ0) is 17.2. The molecule has 0 aliphatic heterocycles. The minimum atomic E-state index is 0.616. The Kier molecular flexibility index (Phi) is 7.08. The second kappa shape index (κ2) is 9.55. The maximum absolute atomic E-state index is 5.58. The van der Waals surface area contributed by atoms with Crippen molar-refractivity contribution in [3.63, 3.8) is 0 Å². The lowest BCUT2D eigenvalue weighted by atomic mass is 10.1. The molecule has 5 heteroatoms. The van der Waals surface area contributed by atoms with Crippen LogP contribution in [0.2, 0.25) is 0 Å². The molecule has 5 nitrogen and oxygen atoms in total. The molecule has 0 radical (unpaired) electrons. The normalized spacial score (nSPS) is 11.2. The molecular formula is C19H26N4O. The van der Waals surface area contributed by atoms with E-state index in [9.17, 15) is 0 Å². The third kappa shape index (κ3) is 5.57. The van der Waals surface area contributed by atoms with Gasteiger partial charge in [-0.15, -0.1) is 0 Å². The van der Waals surface area contributed by atoms with Crippen LogP contribution in [0, 0.1) is 6.92 Å². The first kappa shape index (κ1) is 17.8. The van der Waals surface area contributed by atoms with Crippen molar-refractivity contribution in [1.82, 2.24) is 15.6 Å². The van der Waals surface area contributed by atoms with Crippen molar-refractivity contribution in [3.05, 3.63) is 59.4 Å². The van der Waals surface area contributed by atoms with Crippen molar-refractivity contribution in [2.45, 2.75) is 33.9 Å². The first-order chi connectivity index (χ1) is 11.7. The second-order valence-electron chi connectivity index (χ2n) is 5.40. The lowest BCUT2D eigenvalue weighted by molar-refractivity contribution is 0.338. The van der Waals surface area contributed by atoms with Crippen molar-refractivity contribution >= 4 is 5.96 Å². The smallest absolute Gasteiger partial charge is 0.191 e. The molecule has 2 N–H and O–H groups in total. The first-order valence-corrected chi connectivity index (χ1v) is 8.37. The summed E-state index contributed by atoms with van der Waals surface area (Å²) < 4.78 is 5.58. The van der Waals surface area contributed by atoms with Crippen LogP contribution in [0.4, 0.5) is 0 Å². The molecule has 0 aliphatic carbocycles. The molecule has 0 fully saturated rings. The second-order valence-corrected chi connectivity index (χ2v) is 5.40. The van der Waals surface area contributed by atoms with Crippen LogP contribution in [-0.4, -0.2) is 24.1 Å². The Labute approximate surface area is 144 Å². The molecule has 1 aromatic heterocycles. The summed E-state index contributed by atoms with van der Waals surface area (Å²) in [7, 11) is 0. The summed E-state index contributed by atoms with van der Waals surface area (Å²) in [6.07, 6.45) is 1.80. The average molecular weight is 326 g/mol. The summed E-state index contributed by atoms with van der Waals surface area (Å²) in [6.45, 7) is 8.87. The van der Waals surface area contributed by atoms with Gasteiger partial charge in [-0.05, 0) is 50.1 Å². The Morgan fingerprint density at radius 2 is 2.04 bits per heavy atom. The topological polar surface area (TPSA) is 58.5 Å². The fourth-order valence-electron chi connectivity index (χ4n) is 2.32. The fraction of sp³-hybridized carbons (Fsp3) is 0.368. The highest BCUT2D eigenvalue weighted by Crippen LogP contribution is 2.19. The standard InChI is InChI=1S/C19H26N4O/c1-4-20-19(23-14-17-8-6-7-11-21-17)22-13-16-9-10-18(24-5-2)15(3)12-16/h6-12H,4-5,13-14H2,1-3H3,(H2,20,22,23). The number of benzene rings is 1. The molecule has 0 saturated carbocycles. The van der Waals surface area contributed by atoms with Crippen molar-refractivity contribution in [1.29, 1.82) is 0 Å². The Morgan fingerprint density at radius 3 is 2.71 bits per heavy atom. The number of aromatic nitrogens is 1. The van der Waals surface area contributed by atoms with Gasteiger partial charge in [-0.25, -0.2) is 4.99 Å². The van der Waals surface area contributed by atoms with Crippen LogP contribution in [-0.2, 0) is 13.1 Å². The predicted molar refractivity (Wildman–Crippen MR) is 98.2 cm³/mol. The van der Waals surface area contributed by atoms with Gasteiger partial charge < -0.3 is 15.4 Å². The number of rotatable bonds is 7. The minimum Gasteiger partial charge on any atom is -0.494 e. The average Bonchev–Trinajstić information content (AvgIpc) is 2.60. The van der Waals surface area contributed by atoms with Gasteiger partial charge in [0.15, 0.2) is 5.96 Å². The number of hydrogen-bond acceptors (Lipinski definition) is 3. The van der Waals surface area contributed by atoms with E-state index in [0.29, 0.717) is 19.7 Å². The molecule has 0 saturated heterocycles. The van der Waals surface area contributed by atoms with Gasteiger partial charge in [-0.2, -0.15) is 0 Å². The Morgan fingerprint density at radius 1 is 1.17 bits per heavy atom. The lowest BCUT2D eigenvalue weighted by Gasteiger charge is -2.12. The molecule has 0 bridgehead atoms. The molecule has 1 aromatic carbocycles. The maximum Gasteiger partial charge on any atom is 0.191 e. The first-order valence-electron chi connectivity index (χ1n) is 8.37. The van der Waals surface area contributed by atoms with E-state index in [1.165, 1.54) is 0 Å². The Hall–Kier alpha value is -2.56. The van der Waals surface area contributed by atoms with E-state index < -0.39 is 0 Å². The van der Waals surface area contributed by atoms with E-state index in [1.807, 2.05) is 31.2 Å². The SMILES string of the molecule is CCNC(=NCc1ccc(OCC)c(C)c1)NCc1ccccn1. The third-order valence-electron chi connectivity index (χ3n) is 3.47. The summed E-state index contributed by atoms with van der Waals surface area (Å²) in [5.41, 5.74) is 3.28. The van der Waals surface area contributed by atoms with Crippen molar-refractivity contribution < 1.29 is 4.74 Å². The molecule has 24 heavy (non-hydrogen) atoms. The van der Waals surface area contributed by atoms with Crippen molar-refractivity contribution in [3.8, 4) is 5.75 Å². The van der Waals surface area contributed by atoms with Gasteiger partial charge in [0, 0.05) is 12.7 Å². The summed E-state index contributed by atoms with van der Waals surface area (Å²) in [4.78, 5) is 8.95. The number of aliphatic imine (C=N–C) groups is 1. The monoisotopic (exact) mass is 326 g/mol. The molecule has 128 valence electrons. The molecule has 0 atom stereocenters. The highest BCUT2D eigenvalue weighted by Gasteiger charge is 2.02. The quantitative estimate of drug-likeness (QED) is 0.606. The van der Waals surface area contributed by atoms with Crippen LogP contribution < -0.4 is 15.4 Å². The van der Waals surface area contributed by atoms with Crippen molar-refractivity contribution in [2.75, 3.05) is 13.2 Å². The van der Waals surface area contributed by atoms with Crippen LogP contribution in [0.15, 0.2) is 47.6 Å². The molecule has 2 aromatic rings. The van der Waals surface area contributed by atoms with Crippen LogP contribution in [0.5, 0.6) is 5.75 Å². The zero-order valence-corrected chi connectivity index (χ0v) is 14.7. The van der Waals surface area contributed by atoms with Gasteiger partial charge in [0.1, 0.15) is 5.75 Å². The molecule has 1 heterocycles. The molecule has 0 aliphatic rings. The van der Waals surface area contributed by atoms with Gasteiger partial charge in [0.2, 0.25) is 0 Å². The summed E-state index contributed by atoms with van der Waals surface area (Å²) in [6, 6.07) is 12.1. The van der Waals surface area contributed by atoms with E-state index in [0.717, 1.165) is 35.1 Å². The molecular weight excluding hydrogens is 300 g/mol. The van der Waals surface area contributed by atoms with Crippen molar-refractivity contribution in [2.24, 2.45) is 4.99 Å². The number of pyridine rings is 1. The zero-order valence-electron chi connectivity index (χ0n) is 14.7. The van der Waals surface area contributed by atoms with E-state index in [-0.39, 0.29) is 0 Å². The van der Waals surface area contributed by atoms with Gasteiger partial charge in [0.25, 0.3) is 0 Å².